The summed E-state index contributed by atoms with van der Waals surface area (Å²) in [5.41, 5.74) is 0.281. The zero-order chi connectivity index (χ0) is 13.8. The molecule has 1 aromatic heterocycles. The number of hydrogen-bond acceptors (Lipinski definition) is 2. The van der Waals surface area contributed by atoms with Gasteiger partial charge in [-0.15, -0.1) is 0 Å². The number of carbonyl (C=O) groups is 1. The normalized spacial score (nSPS) is 22.4. The van der Waals surface area contributed by atoms with E-state index < -0.39 is 0 Å². The molecule has 4 nitrogen and oxygen atoms in total. The number of aryl methyl sites for hydroxylation is 1. The Kier molecular flexibility index (Phi) is 4.80. The van der Waals surface area contributed by atoms with Crippen LogP contribution in [-0.4, -0.2) is 22.3 Å². The summed E-state index contributed by atoms with van der Waals surface area (Å²) >= 11 is 3.53. The zero-order valence-corrected chi connectivity index (χ0v) is 12.6. The molecule has 0 saturated heterocycles. The molecule has 5 heteroatoms. The van der Waals surface area contributed by atoms with Gasteiger partial charge in [0, 0.05) is 36.7 Å². The third-order valence-corrected chi connectivity index (χ3v) is 4.74. The maximum atomic E-state index is 12.0. The third-order valence-electron chi connectivity index (χ3n) is 3.91. The number of hydrogen-bond donors (Lipinski definition) is 1. The quantitative estimate of drug-likeness (QED) is 0.859. The van der Waals surface area contributed by atoms with Crippen LogP contribution in [0.25, 0.3) is 0 Å². The fourth-order valence-electron chi connectivity index (χ4n) is 2.60. The smallest absolute Gasteiger partial charge is 0.251 e. The van der Waals surface area contributed by atoms with E-state index in [1.54, 1.807) is 19.3 Å². The van der Waals surface area contributed by atoms with Crippen molar-refractivity contribution < 1.29 is 4.79 Å². The molecule has 1 N–H and O–H groups in total. The molecule has 1 heterocycles. The van der Waals surface area contributed by atoms with Crippen molar-refractivity contribution >= 4 is 21.8 Å². The van der Waals surface area contributed by atoms with Crippen LogP contribution in [0.3, 0.4) is 0 Å². The molecular formula is C14H19BrN2O2. The number of rotatable bonds is 4. The Labute approximate surface area is 121 Å². The second-order valence-electron chi connectivity index (χ2n) is 5.18. The minimum Gasteiger partial charge on any atom is -0.352 e. The van der Waals surface area contributed by atoms with Crippen LogP contribution in [0.4, 0.5) is 0 Å². The van der Waals surface area contributed by atoms with Gasteiger partial charge in [-0.3, -0.25) is 9.59 Å². The first kappa shape index (κ1) is 14.3. The molecule has 0 spiro atoms. The van der Waals surface area contributed by atoms with E-state index in [2.05, 4.69) is 21.2 Å². The second kappa shape index (κ2) is 6.37. The van der Waals surface area contributed by atoms with E-state index in [-0.39, 0.29) is 11.5 Å². The fourth-order valence-corrected chi connectivity index (χ4v) is 3.45. The van der Waals surface area contributed by atoms with E-state index >= 15 is 0 Å². The summed E-state index contributed by atoms with van der Waals surface area (Å²) in [6.45, 7) is 0.699. The first-order valence-electron chi connectivity index (χ1n) is 6.62. The Hall–Kier alpha value is -1.10. The van der Waals surface area contributed by atoms with E-state index in [0.29, 0.717) is 23.9 Å². The topological polar surface area (TPSA) is 51.1 Å². The van der Waals surface area contributed by atoms with Gasteiger partial charge in [0.05, 0.1) is 0 Å². The lowest BCUT2D eigenvalue weighted by Crippen LogP contribution is -2.32. The van der Waals surface area contributed by atoms with Crippen molar-refractivity contribution in [3.8, 4) is 0 Å². The third kappa shape index (κ3) is 3.47. The van der Waals surface area contributed by atoms with Crippen molar-refractivity contribution in [2.45, 2.75) is 19.3 Å². The van der Waals surface area contributed by atoms with Crippen molar-refractivity contribution in [3.63, 3.8) is 0 Å². The Balaban J connectivity index is 1.94. The van der Waals surface area contributed by atoms with Gasteiger partial charge in [-0.25, -0.2) is 0 Å². The van der Waals surface area contributed by atoms with E-state index in [1.165, 1.54) is 29.9 Å². The molecule has 0 aromatic carbocycles. The summed E-state index contributed by atoms with van der Waals surface area (Å²) in [6.07, 6.45) is 5.27. The fraction of sp³-hybridized carbons (Fsp3) is 0.571. The molecule has 104 valence electrons. The van der Waals surface area contributed by atoms with Crippen LogP contribution in [0.1, 0.15) is 29.6 Å². The average molecular weight is 327 g/mol. The summed E-state index contributed by atoms with van der Waals surface area (Å²) in [7, 11) is 1.67. The van der Waals surface area contributed by atoms with Crippen LogP contribution in [-0.2, 0) is 7.05 Å². The van der Waals surface area contributed by atoms with Gasteiger partial charge in [0.2, 0.25) is 0 Å². The van der Waals surface area contributed by atoms with E-state index in [9.17, 15) is 9.59 Å². The molecule has 1 amide bonds. The van der Waals surface area contributed by atoms with Gasteiger partial charge in [-0.1, -0.05) is 22.4 Å². The average Bonchev–Trinajstić information content (AvgIpc) is 2.86. The molecule has 0 radical (unpaired) electrons. The van der Waals surface area contributed by atoms with Gasteiger partial charge in [0.1, 0.15) is 0 Å². The predicted octanol–water partition coefficient (Wildman–Crippen LogP) is 1.93. The van der Waals surface area contributed by atoms with Crippen LogP contribution < -0.4 is 10.9 Å². The molecule has 2 atom stereocenters. The Bertz CT molecular complexity index is 512. The summed E-state index contributed by atoms with van der Waals surface area (Å²) in [6, 6.07) is 3.05. The van der Waals surface area contributed by atoms with Gasteiger partial charge in [-0.2, -0.15) is 0 Å². The number of nitrogens with zero attached hydrogens (tertiary/aromatic N) is 1. The van der Waals surface area contributed by atoms with E-state index in [1.807, 2.05) is 0 Å². The Morgan fingerprint density at radius 2 is 2.21 bits per heavy atom. The van der Waals surface area contributed by atoms with Gasteiger partial charge in [0.25, 0.3) is 11.5 Å². The zero-order valence-electron chi connectivity index (χ0n) is 11.1. The molecule has 1 aliphatic rings. The molecule has 1 aromatic rings. The largest absolute Gasteiger partial charge is 0.352 e. The molecule has 1 aliphatic carbocycles. The SMILES string of the molecule is Cn1ccc(C(=O)NCC2CCCC2CBr)cc1=O. The van der Waals surface area contributed by atoms with Gasteiger partial charge in [0.15, 0.2) is 0 Å². The van der Waals surface area contributed by atoms with Crippen LogP contribution in [0.5, 0.6) is 0 Å². The molecule has 1 fully saturated rings. The second-order valence-corrected chi connectivity index (χ2v) is 5.83. The lowest BCUT2D eigenvalue weighted by molar-refractivity contribution is 0.0944. The highest BCUT2D eigenvalue weighted by Crippen LogP contribution is 2.32. The van der Waals surface area contributed by atoms with Gasteiger partial charge < -0.3 is 9.88 Å². The molecular weight excluding hydrogens is 308 g/mol. The van der Waals surface area contributed by atoms with Crippen molar-refractivity contribution in [1.82, 2.24) is 9.88 Å². The number of pyridine rings is 1. The molecule has 2 unspecified atom stereocenters. The number of amides is 1. The number of aromatic nitrogens is 1. The van der Waals surface area contributed by atoms with Crippen LogP contribution >= 0.6 is 15.9 Å². The van der Waals surface area contributed by atoms with Gasteiger partial charge in [-0.05, 0) is 30.7 Å². The van der Waals surface area contributed by atoms with Crippen molar-refractivity contribution in [2.75, 3.05) is 11.9 Å². The maximum absolute atomic E-state index is 12.0. The summed E-state index contributed by atoms with van der Waals surface area (Å²) < 4.78 is 1.45. The predicted molar refractivity (Wildman–Crippen MR) is 78.6 cm³/mol. The number of halogens is 1. The molecule has 1 saturated carbocycles. The van der Waals surface area contributed by atoms with Crippen molar-refractivity contribution in [2.24, 2.45) is 18.9 Å². The summed E-state index contributed by atoms with van der Waals surface area (Å²) in [5, 5.41) is 3.94. The van der Waals surface area contributed by atoms with Crippen LogP contribution in [0.2, 0.25) is 0 Å². The highest BCUT2D eigenvalue weighted by Gasteiger charge is 2.26. The highest BCUT2D eigenvalue weighted by atomic mass is 79.9. The molecule has 0 bridgehead atoms. The Morgan fingerprint density at radius 1 is 1.47 bits per heavy atom. The highest BCUT2D eigenvalue weighted by molar-refractivity contribution is 9.09. The first-order valence-corrected chi connectivity index (χ1v) is 7.75. The monoisotopic (exact) mass is 326 g/mol. The summed E-state index contributed by atoms with van der Waals surface area (Å²) in [5.74, 6) is 1.05. The number of nitrogens with one attached hydrogen (secondary N) is 1. The van der Waals surface area contributed by atoms with Crippen molar-refractivity contribution in [1.29, 1.82) is 0 Å². The molecule has 19 heavy (non-hydrogen) atoms. The lowest BCUT2D eigenvalue weighted by atomic mass is 9.98. The minimum absolute atomic E-state index is 0.155. The Morgan fingerprint density at radius 3 is 2.89 bits per heavy atom. The minimum atomic E-state index is -0.160. The van der Waals surface area contributed by atoms with Gasteiger partial charge >= 0.3 is 0 Å². The summed E-state index contributed by atoms with van der Waals surface area (Å²) in [4.78, 5) is 23.5. The number of alkyl halides is 1. The van der Waals surface area contributed by atoms with Crippen LogP contribution in [0, 0.1) is 11.8 Å². The maximum Gasteiger partial charge on any atom is 0.251 e. The molecule has 2 rings (SSSR count). The molecule has 0 aliphatic heterocycles. The van der Waals surface area contributed by atoms with E-state index in [0.717, 1.165) is 5.33 Å². The van der Waals surface area contributed by atoms with Crippen LogP contribution in [0.15, 0.2) is 23.1 Å². The lowest BCUT2D eigenvalue weighted by Gasteiger charge is -2.17. The van der Waals surface area contributed by atoms with E-state index in [4.69, 9.17) is 0 Å². The van der Waals surface area contributed by atoms with Crippen molar-refractivity contribution in [3.05, 3.63) is 34.2 Å². The number of carbonyl (C=O) groups excluding carboxylic acids is 1. The first-order chi connectivity index (χ1) is 9.11. The standard InChI is InChI=1S/C14H19BrN2O2/c1-17-6-5-10(7-13(17)18)14(19)16-9-12-4-2-3-11(12)8-15/h5-7,11-12H,2-4,8-9H2,1H3,(H,16,19).